The van der Waals surface area contributed by atoms with E-state index in [-0.39, 0.29) is 0 Å². The zero-order chi connectivity index (χ0) is 10.9. The molecule has 0 aromatic heterocycles. The Morgan fingerprint density at radius 2 is 2.00 bits per heavy atom. The van der Waals surface area contributed by atoms with Gasteiger partial charge in [-0.15, -0.1) is 11.6 Å². The summed E-state index contributed by atoms with van der Waals surface area (Å²) in [6.07, 6.45) is 5.02. The lowest BCUT2D eigenvalue weighted by Crippen LogP contribution is -2.34. The molecule has 1 rings (SSSR count). The molecule has 0 aliphatic carbocycles. The van der Waals surface area contributed by atoms with Crippen LogP contribution in [0, 0.1) is 5.92 Å². The Kier molecular flexibility index (Phi) is 7.41. The van der Waals surface area contributed by atoms with Crippen molar-refractivity contribution in [1.29, 1.82) is 0 Å². The van der Waals surface area contributed by atoms with Gasteiger partial charge in [-0.25, -0.2) is 0 Å². The van der Waals surface area contributed by atoms with Gasteiger partial charge in [-0.1, -0.05) is 13.3 Å². The molecule has 90 valence electrons. The first-order valence-electron chi connectivity index (χ1n) is 6.23. The van der Waals surface area contributed by atoms with E-state index >= 15 is 0 Å². The topological polar surface area (TPSA) is 12.5 Å². The number of rotatable bonds is 7. The van der Waals surface area contributed by atoms with Gasteiger partial charge in [-0.3, -0.25) is 0 Å². The molecule has 0 bridgehead atoms. The molecule has 0 N–H and O–H groups in total. The van der Waals surface area contributed by atoms with Gasteiger partial charge in [0.1, 0.15) is 0 Å². The molecule has 1 aliphatic heterocycles. The zero-order valence-corrected chi connectivity index (χ0v) is 10.6. The Bertz CT molecular complexity index is 149. The molecule has 3 heteroatoms. The molecule has 0 atom stereocenters. The zero-order valence-electron chi connectivity index (χ0n) is 9.88. The number of nitrogens with zero attached hydrogens (tertiary/aromatic N) is 1. The fraction of sp³-hybridized carbons (Fsp3) is 1.00. The molecular weight excluding hydrogens is 210 g/mol. The predicted molar refractivity (Wildman–Crippen MR) is 65.6 cm³/mol. The molecule has 0 aromatic carbocycles. The number of unbranched alkanes of at least 4 members (excludes halogenated alkanes) is 1. The van der Waals surface area contributed by atoms with Gasteiger partial charge in [-0.05, 0) is 31.7 Å². The highest BCUT2D eigenvalue weighted by Gasteiger charge is 2.16. The van der Waals surface area contributed by atoms with E-state index in [2.05, 4.69) is 11.8 Å². The lowest BCUT2D eigenvalue weighted by atomic mass is 9.99. The quantitative estimate of drug-likeness (QED) is 0.627. The van der Waals surface area contributed by atoms with E-state index in [4.69, 9.17) is 16.3 Å². The summed E-state index contributed by atoms with van der Waals surface area (Å²) < 4.78 is 5.38. The predicted octanol–water partition coefficient (Wildman–Crippen LogP) is 2.75. The maximum atomic E-state index is 5.83. The second kappa shape index (κ2) is 8.37. The van der Waals surface area contributed by atoms with Gasteiger partial charge in [0, 0.05) is 32.2 Å². The maximum absolute atomic E-state index is 5.83. The van der Waals surface area contributed by atoms with Crippen LogP contribution in [0.4, 0.5) is 0 Å². The van der Waals surface area contributed by atoms with Gasteiger partial charge < -0.3 is 9.64 Å². The van der Waals surface area contributed by atoms with Gasteiger partial charge in [0.25, 0.3) is 0 Å². The second-order valence-corrected chi connectivity index (χ2v) is 4.78. The Morgan fingerprint density at radius 3 is 2.60 bits per heavy atom. The number of alkyl halides is 1. The molecule has 15 heavy (non-hydrogen) atoms. The molecule has 0 saturated carbocycles. The molecule has 1 fully saturated rings. The van der Waals surface area contributed by atoms with Crippen LogP contribution in [-0.2, 0) is 4.74 Å². The third-order valence-corrected chi connectivity index (χ3v) is 3.25. The van der Waals surface area contributed by atoms with Crippen molar-refractivity contribution < 1.29 is 4.74 Å². The Morgan fingerprint density at radius 1 is 1.27 bits per heavy atom. The fourth-order valence-electron chi connectivity index (χ4n) is 2.09. The van der Waals surface area contributed by atoms with E-state index in [1.807, 2.05) is 0 Å². The SMILES string of the molecule is CCCCN(CCCl)CC1CCOCC1. The smallest absolute Gasteiger partial charge is 0.0469 e. The standard InChI is InChI=1S/C12H24ClNO/c1-2-3-7-14(8-6-13)11-12-4-9-15-10-5-12/h12H,2-11H2,1H3. The fourth-order valence-corrected chi connectivity index (χ4v) is 2.33. The van der Waals surface area contributed by atoms with Crippen molar-refractivity contribution in [3.63, 3.8) is 0 Å². The molecule has 1 aliphatic rings. The first-order chi connectivity index (χ1) is 7.36. The monoisotopic (exact) mass is 233 g/mol. The van der Waals surface area contributed by atoms with Crippen molar-refractivity contribution in [2.45, 2.75) is 32.6 Å². The molecule has 1 heterocycles. The minimum absolute atomic E-state index is 0.757. The summed E-state index contributed by atoms with van der Waals surface area (Å²) in [5.74, 6) is 1.59. The van der Waals surface area contributed by atoms with E-state index in [0.717, 1.165) is 31.6 Å². The first-order valence-corrected chi connectivity index (χ1v) is 6.76. The molecule has 2 nitrogen and oxygen atoms in total. The van der Waals surface area contributed by atoms with Crippen LogP contribution in [0.3, 0.4) is 0 Å². The summed E-state index contributed by atoms with van der Waals surface area (Å²) >= 11 is 5.83. The summed E-state index contributed by atoms with van der Waals surface area (Å²) in [6.45, 7) is 7.61. The molecule has 0 aromatic rings. The first kappa shape index (κ1) is 13.3. The van der Waals surface area contributed by atoms with E-state index < -0.39 is 0 Å². The van der Waals surface area contributed by atoms with Gasteiger partial charge in [0.2, 0.25) is 0 Å². The Hall–Kier alpha value is 0.210. The molecule has 0 amide bonds. The minimum atomic E-state index is 0.757. The molecule has 0 unspecified atom stereocenters. The Balaban J connectivity index is 2.21. The van der Waals surface area contributed by atoms with Crippen molar-refractivity contribution in [3.05, 3.63) is 0 Å². The third kappa shape index (κ3) is 5.74. The van der Waals surface area contributed by atoms with Gasteiger partial charge in [-0.2, -0.15) is 0 Å². The van der Waals surface area contributed by atoms with Crippen LogP contribution in [0.15, 0.2) is 0 Å². The molecule has 0 radical (unpaired) electrons. The third-order valence-electron chi connectivity index (χ3n) is 3.09. The van der Waals surface area contributed by atoms with Crippen molar-refractivity contribution in [2.75, 3.05) is 38.7 Å². The highest BCUT2D eigenvalue weighted by Crippen LogP contribution is 2.16. The van der Waals surface area contributed by atoms with E-state index in [1.165, 1.54) is 38.8 Å². The van der Waals surface area contributed by atoms with Crippen molar-refractivity contribution >= 4 is 11.6 Å². The highest BCUT2D eigenvalue weighted by atomic mass is 35.5. The summed E-state index contributed by atoms with van der Waals surface area (Å²) in [4.78, 5) is 2.52. The highest BCUT2D eigenvalue weighted by molar-refractivity contribution is 6.18. The van der Waals surface area contributed by atoms with Gasteiger partial charge in [0.05, 0.1) is 0 Å². The van der Waals surface area contributed by atoms with E-state index in [9.17, 15) is 0 Å². The number of ether oxygens (including phenoxy) is 1. The second-order valence-electron chi connectivity index (χ2n) is 4.40. The van der Waals surface area contributed by atoms with Crippen molar-refractivity contribution in [3.8, 4) is 0 Å². The largest absolute Gasteiger partial charge is 0.381 e. The van der Waals surface area contributed by atoms with Crippen LogP contribution < -0.4 is 0 Å². The van der Waals surface area contributed by atoms with Crippen molar-refractivity contribution in [2.24, 2.45) is 5.92 Å². The molecule has 0 spiro atoms. The number of hydrogen-bond donors (Lipinski definition) is 0. The van der Waals surface area contributed by atoms with Crippen LogP contribution in [-0.4, -0.2) is 43.6 Å². The van der Waals surface area contributed by atoms with Crippen LogP contribution in [0.25, 0.3) is 0 Å². The van der Waals surface area contributed by atoms with Crippen LogP contribution in [0.1, 0.15) is 32.6 Å². The number of hydrogen-bond acceptors (Lipinski definition) is 2. The van der Waals surface area contributed by atoms with Gasteiger partial charge >= 0.3 is 0 Å². The van der Waals surface area contributed by atoms with E-state index in [0.29, 0.717) is 0 Å². The van der Waals surface area contributed by atoms with Gasteiger partial charge in [0.15, 0.2) is 0 Å². The van der Waals surface area contributed by atoms with E-state index in [1.54, 1.807) is 0 Å². The summed E-state index contributed by atoms with van der Waals surface area (Å²) in [7, 11) is 0. The number of halogens is 1. The summed E-state index contributed by atoms with van der Waals surface area (Å²) in [6, 6.07) is 0. The van der Waals surface area contributed by atoms with Crippen molar-refractivity contribution in [1.82, 2.24) is 4.90 Å². The maximum Gasteiger partial charge on any atom is 0.0469 e. The van der Waals surface area contributed by atoms with Crippen LogP contribution in [0.5, 0.6) is 0 Å². The Labute approximate surface area is 98.9 Å². The molecular formula is C12H24ClNO. The normalized spacial score (nSPS) is 18.6. The summed E-state index contributed by atoms with van der Waals surface area (Å²) in [5, 5.41) is 0. The summed E-state index contributed by atoms with van der Waals surface area (Å²) in [5.41, 5.74) is 0. The van der Waals surface area contributed by atoms with Crippen LogP contribution in [0.2, 0.25) is 0 Å². The lowest BCUT2D eigenvalue weighted by molar-refractivity contribution is 0.0531. The molecule has 1 saturated heterocycles. The lowest BCUT2D eigenvalue weighted by Gasteiger charge is -2.29. The van der Waals surface area contributed by atoms with Crippen LogP contribution >= 0.6 is 11.6 Å². The average Bonchev–Trinajstić information content (AvgIpc) is 2.28. The average molecular weight is 234 g/mol. The minimum Gasteiger partial charge on any atom is -0.381 e.